The van der Waals surface area contributed by atoms with Gasteiger partial charge in [0.05, 0.1) is 11.7 Å². The Bertz CT molecular complexity index is 482. The van der Waals surface area contributed by atoms with Gasteiger partial charge < -0.3 is 16.2 Å². The number of benzene rings is 1. The van der Waals surface area contributed by atoms with Gasteiger partial charge in [-0.25, -0.2) is 0 Å². The highest BCUT2D eigenvalue weighted by Crippen LogP contribution is 2.24. The standard InChI is InChI=1S/C11H15N5O2/c1-2-3-10(12)14-11(18)8-5-4-7(15-16-13)6-9(8)17/h4-6,10,17H,2-3,12H2,1H3,(H,14,18). The molecule has 0 spiro atoms. The molecule has 0 fully saturated rings. The number of hydrogen-bond acceptors (Lipinski definition) is 4. The van der Waals surface area contributed by atoms with Gasteiger partial charge in [0.2, 0.25) is 0 Å². The van der Waals surface area contributed by atoms with Crippen LogP contribution in [0.2, 0.25) is 0 Å². The average molecular weight is 249 g/mol. The van der Waals surface area contributed by atoms with Crippen molar-refractivity contribution in [1.29, 1.82) is 0 Å². The predicted octanol–water partition coefficient (Wildman–Crippen LogP) is 2.15. The highest BCUT2D eigenvalue weighted by atomic mass is 16.3. The van der Waals surface area contributed by atoms with E-state index >= 15 is 0 Å². The van der Waals surface area contributed by atoms with E-state index in [2.05, 4.69) is 15.3 Å². The maximum atomic E-state index is 11.8. The number of carbonyl (C=O) groups excluding carboxylic acids is 1. The second-order valence-corrected chi connectivity index (χ2v) is 3.76. The average Bonchev–Trinajstić information content (AvgIpc) is 2.29. The maximum absolute atomic E-state index is 11.8. The molecule has 1 amide bonds. The van der Waals surface area contributed by atoms with Gasteiger partial charge >= 0.3 is 0 Å². The van der Waals surface area contributed by atoms with Gasteiger partial charge in [-0.2, -0.15) is 0 Å². The molecule has 0 aliphatic heterocycles. The molecule has 1 atom stereocenters. The summed E-state index contributed by atoms with van der Waals surface area (Å²) in [6.07, 6.45) is 1.06. The van der Waals surface area contributed by atoms with Gasteiger partial charge in [-0.1, -0.05) is 24.5 Å². The zero-order valence-electron chi connectivity index (χ0n) is 10.00. The van der Waals surface area contributed by atoms with Crippen LogP contribution in [-0.4, -0.2) is 17.2 Å². The second-order valence-electron chi connectivity index (χ2n) is 3.76. The lowest BCUT2D eigenvalue weighted by Crippen LogP contribution is -2.41. The van der Waals surface area contributed by atoms with Gasteiger partial charge in [-0.3, -0.25) is 4.79 Å². The summed E-state index contributed by atoms with van der Waals surface area (Å²) in [5, 5.41) is 15.5. The summed E-state index contributed by atoms with van der Waals surface area (Å²) in [6, 6.07) is 4.05. The van der Waals surface area contributed by atoms with Crippen LogP contribution in [0.3, 0.4) is 0 Å². The Kier molecular flexibility index (Phi) is 4.98. The number of rotatable bonds is 5. The summed E-state index contributed by atoms with van der Waals surface area (Å²) in [5.74, 6) is -0.706. The van der Waals surface area contributed by atoms with Crippen molar-refractivity contribution in [3.8, 4) is 5.75 Å². The summed E-state index contributed by atoms with van der Waals surface area (Å²) in [4.78, 5) is 14.4. The third kappa shape index (κ3) is 3.65. The monoisotopic (exact) mass is 249 g/mol. The first kappa shape index (κ1) is 13.8. The van der Waals surface area contributed by atoms with Crippen LogP contribution in [0.5, 0.6) is 5.75 Å². The first-order valence-electron chi connectivity index (χ1n) is 5.53. The molecule has 96 valence electrons. The molecule has 7 nitrogen and oxygen atoms in total. The van der Waals surface area contributed by atoms with E-state index in [0.29, 0.717) is 6.42 Å². The van der Waals surface area contributed by atoms with E-state index in [1.54, 1.807) is 0 Å². The van der Waals surface area contributed by atoms with Crippen molar-refractivity contribution in [2.45, 2.75) is 25.9 Å². The Balaban J connectivity index is 2.83. The van der Waals surface area contributed by atoms with E-state index < -0.39 is 12.1 Å². The molecule has 1 unspecified atom stereocenters. The van der Waals surface area contributed by atoms with Gasteiger partial charge in [0.25, 0.3) is 5.91 Å². The molecule has 0 saturated carbocycles. The summed E-state index contributed by atoms with van der Waals surface area (Å²) in [6.45, 7) is 1.96. The fraction of sp³-hybridized carbons (Fsp3) is 0.364. The normalized spacial score (nSPS) is 11.4. The Labute approximate surface area is 104 Å². The van der Waals surface area contributed by atoms with Crippen LogP contribution in [0.1, 0.15) is 30.1 Å². The van der Waals surface area contributed by atoms with Crippen molar-refractivity contribution >= 4 is 11.6 Å². The molecule has 0 radical (unpaired) electrons. The zero-order chi connectivity index (χ0) is 13.5. The van der Waals surface area contributed by atoms with E-state index in [0.717, 1.165) is 6.42 Å². The van der Waals surface area contributed by atoms with Gasteiger partial charge in [0.1, 0.15) is 5.75 Å². The fourth-order valence-electron chi connectivity index (χ4n) is 1.46. The minimum Gasteiger partial charge on any atom is -0.507 e. The number of carbonyl (C=O) groups is 1. The fourth-order valence-corrected chi connectivity index (χ4v) is 1.46. The van der Waals surface area contributed by atoms with Gasteiger partial charge in [0, 0.05) is 10.6 Å². The number of nitrogens with one attached hydrogen (secondary N) is 1. The van der Waals surface area contributed by atoms with Crippen LogP contribution >= 0.6 is 0 Å². The van der Waals surface area contributed by atoms with Crippen LogP contribution in [-0.2, 0) is 0 Å². The van der Waals surface area contributed by atoms with E-state index in [4.69, 9.17) is 11.3 Å². The van der Waals surface area contributed by atoms with Gasteiger partial charge in [0.15, 0.2) is 0 Å². The molecule has 18 heavy (non-hydrogen) atoms. The Morgan fingerprint density at radius 3 is 2.94 bits per heavy atom. The molecule has 0 aliphatic rings. The third-order valence-electron chi connectivity index (χ3n) is 2.30. The van der Waals surface area contributed by atoms with Crippen LogP contribution in [0.15, 0.2) is 23.3 Å². The first-order valence-corrected chi connectivity index (χ1v) is 5.53. The second kappa shape index (κ2) is 6.48. The van der Waals surface area contributed by atoms with Crippen LogP contribution in [0.4, 0.5) is 5.69 Å². The van der Waals surface area contributed by atoms with Crippen LogP contribution < -0.4 is 11.1 Å². The molecule has 7 heteroatoms. The van der Waals surface area contributed by atoms with E-state index in [9.17, 15) is 9.90 Å². The van der Waals surface area contributed by atoms with Gasteiger partial charge in [-0.05, 0) is 24.1 Å². The largest absolute Gasteiger partial charge is 0.507 e. The van der Waals surface area contributed by atoms with Crippen molar-refractivity contribution in [3.05, 3.63) is 34.2 Å². The number of amides is 1. The number of nitrogens with zero attached hydrogens (tertiary/aromatic N) is 3. The quantitative estimate of drug-likeness (QED) is 0.320. The number of phenolic OH excluding ortho intramolecular Hbond substituents is 1. The molecule has 1 rings (SSSR count). The summed E-state index contributed by atoms with van der Waals surface area (Å²) < 4.78 is 0. The lowest BCUT2D eigenvalue weighted by Gasteiger charge is -2.13. The predicted molar refractivity (Wildman–Crippen MR) is 67.3 cm³/mol. The van der Waals surface area contributed by atoms with Gasteiger partial charge in [-0.15, -0.1) is 0 Å². The zero-order valence-corrected chi connectivity index (χ0v) is 10.00. The molecular formula is C11H15N5O2. The van der Waals surface area contributed by atoms with Crippen molar-refractivity contribution in [3.63, 3.8) is 0 Å². The number of azide groups is 1. The first-order chi connectivity index (χ1) is 8.58. The molecule has 0 bridgehead atoms. The maximum Gasteiger partial charge on any atom is 0.256 e. The Morgan fingerprint density at radius 2 is 2.39 bits per heavy atom. The highest BCUT2D eigenvalue weighted by Gasteiger charge is 2.13. The molecule has 1 aromatic rings. The summed E-state index contributed by atoms with van der Waals surface area (Å²) in [7, 11) is 0. The molecule has 0 heterocycles. The van der Waals surface area contributed by atoms with E-state index in [1.807, 2.05) is 6.92 Å². The van der Waals surface area contributed by atoms with Crippen molar-refractivity contribution in [2.24, 2.45) is 10.8 Å². The van der Waals surface area contributed by atoms with Crippen LogP contribution in [0.25, 0.3) is 10.4 Å². The number of phenols is 1. The molecule has 0 saturated heterocycles. The van der Waals surface area contributed by atoms with E-state index in [-0.39, 0.29) is 17.0 Å². The Hall–Kier alpha value is -2.24. The highest BCUT2D eigenvalue weighted by molar-refractivity contribution is 5.97. The van der Waals surface area contributed by atoms with Crippen LogP contribution in [0, 0.1) is 0 Å². The van der Waals surface area contributed by atoms with E-state index in [1.165, 1.54) is 18.2 Å². The Morgan fingerprint density at radius 1 is 1.67 bits per heavy atom. The smallest absolute Gasteiger partial charge is 0.256 e. The number of hydrogen-bond donors (Lipinski definition) is 3. The molecular weight excluding hydrogens is 234 g/mol. The number of nitrogens with two attached hydrogens (primary N) is 1. The molecule has 4 N–H and O–H groups in total. The van der Waals surface area contributed by atoms with Crippen molar-refractivity contribution in [1.82, 2.24) is 5.32 Å². The molecule has 0 aromatic heterocycles. The lowest BCUT2D eigenvalue weighted by atomic mass is 10.1. The minimum atomic E-state index is -0.457. The van der Waals surface area contributed by atoms with Crippen molar-refractivity contribution in [2.75, 3.05) is 0 Å². The summed E-state index contributed by atoms with van der Waals surface area (Å²) in [5.41, 5.74) is 14.3. The SMILES string of the molecule is CCCC(N)NC(=O)c1ccc(N=[N+]=[N-])cc1O. The minimum absolute atomic E-state index is 0.0958. The number of aromatic hydroxyl groups is 1. The molecule has 1 aromatic carbocycles. The third-order valence-corrected chi connectivity index (χ3v) is 2.30. The molecule has 0 aliphatic carbocycles. The summed E-state index contributed by atoms with van der Waals surface area (Å²) >= 11 is 0. The lowest BCUT2D eigenvalue weighted by molar-refractivity contribution is 0.0933. The topological polar surface area (TPSA) is 124 Å². The van der Waals surface area contributed by atoms with Crippen molar-refractivity contribution < 1.29 is 9.90 Å².